The number of hydrazone groups is 1. The average molecular weight is 474 g/mol. The van der Waals surface area contributed by atoms with Crippen molar-refractivity contribution in [2.45, 2.75) is 18.7 Å². The Morgan fingerprint density at radius 3 is 2.55 bits per heavy atom. The van der Waals surface area contributed by atoms with Crippen molar-refractivity contribution in [2.24, 2.45) is 5.10 Å². The number of rotatable bonds is 2. The number of hydrogen-bond acceptors (Lipinski definition) is 5. The van der Waals surface area contributed by atoms with Gasteiger partial charge in [0.1, 0.15) is 5.75 Å². The third kappa shape index (κ3) is 3.19. The van der Waals surface area contributed by atoms with Crippen molar-refractivity contribution in [3.05, 3.63) is 86.4 Å². The summed E-state index contributed by atoms with van der Waals surface area (Å²) in [5.41, 5.74) is 3.79. The molecule has 3 aliphatic rings. The van der Waals surface area contributed by atoms with Crippen LogP contribution in [0.15, 0.2) is 59.7 Å². The quantitative estimate of drug-likeness (QED) is 0.420. The number of halogens is 3. The minimum atomic E-state index is -0.444. The Labute approximate surface area is 193 Å². The number of hydrogen-bond donors (Lipinski definition) is 0. The second-order valence-corrected chi connectivity index (χ2v) is 8.79. The first-order chi connectivity index (χ1) is 15.1. The van der Waals surface area contributed by atoms with E-state index in [-0.39, 0.29) is 12.8 Å². The van der Waals surface area contributed by atoms with Gasteiger partial charge in [0.25, 0.3) is 0 Å². The highest BCUT2D eigenvalue weighted by atomic mass is 35.5. The van der Waals surface area contributed by atoms with Gasteiger partial charge in [0.2, 0.25) is 13.0 Å². The molecule has 0 saturated heterocycles. The van der Waals surface area contributed by atoms with Crippen LogP contribution in [0.2, 0.25) is 15.1 Å². The van der Waals surface area contributed by atoms with Crippen LogP contribution in [0.1, 0.15) is 35.4 Å². The van der Waals surface area contributed by atoms with E-state index in [1.807, 2.05) is 53.5 Å². The van der Waals surface area contributed by atoms with Gasteiger partial charge < -0.3 is 14.2 Å². The normalized spacial score (nSPS) is 20.7. The molecular formula is C23H15Cl3N2O3. The van der Waals surface area contributed by atoms with E-state index in [1.165, 1.54) is 0 Å². The first-order valence-corrected chi connectivity index (χ1v) is 10.9. The second kappa shape index (κ2) is 7.23. The molecule has 31 heavy (non-hydrogen) atoms. The molecule has 0 radical (unpaired) electrons. The Morgan fingerprint density at radius 2 is 1.68 bits per heavy atom. The molecule has 3 heterocycles. The molecule has 3 aliphatic heterocycles. The molecule has 156 valence electrons. The van der Waals surface area contributed by atoms with Gasteiger partial charge in [-0.1, -0.05) is 40.9 Å². The van der Waals surface area contributed by atoms with Crippen molar-refractivity contribution < 1.29 is 14.2 Å². The van der Waals surface area contributed by atoms with Crippen molar-refractivity contribution in [1.82, 2.24) is 5.01 Å². The van der Waals surface area contributed by atoms with Gasteiger partial charge in [0.05, 0.1) is 21.8 Å². The zero-order chi connectivity index (χ0) is 21.1. The molecular weight excluding hydrogens is 459 g/mol. The van der Waals surface area contributed by atoms with Crippen LogP contribution in [0, 0.1) is 0 Å². The number of benzene rings is 3. The maximum Gasteiger partial charge on any atom is 0.231 e. The summed E-state index contributed by atoms with van der Waals surface area (Å²) in [6.45, 7) is 0.235. The zero-order valence-electron chi connectivity index (χ0n) is 16.0. The van der Waals surface area contributed by atoms with Crippen LogP contribution in [0.3, 0.4) is 0 Å². The lowest BCUT2D eigenvalue weighted by molar-refractivity contribution is -0.0190. The van der Waals surface area contributed by atoms with E-state index in [2.05, 4.69) is 0 Å². The Kier molecular flexibility index (Phi) is 4.46. The predicted molar refractivity (Wildman–Crippen MR) is 120 cm³/mol. The third-order valence-electron chi connectivity index (χ3n) is 5.69. The first kappa shape index (κ1) is 19.1. The summed E-state index contributed by atoms with van der Waals surface area (Å²) in [6, 6.07) is 17.0. The van der Waals surface area contributed by atoms with E-state index in [0.29, 0.717) is 21.5 Å². The summed E-state index contributed by atoms with van der Waals surface area (Å²) in [5, 5.41) is 8.55. The van der Waals surface area contributed by atoms with Crippen molar-refractivity contribution in [1.29, 1.82) is 0 Å². The molecule has 2 atom stereocenters. The van der Waals surface area contributed by atoms with Crippen LogP contribution in [0.4, 0.5) is 0 Å². The predicted octanol–water partition coefficient (Wildman–Crippen LogP) is 6.62. The van der Waals surface area contributed by atoms with E-state index < -0.39 is 6.23 Å². The van der Waals surface area contributed by atoms with Crippen LogP contribution in [-0.4, -0.2) is 17.5 Å². The van der Waals surface area contributed by atoms with E-state index >= 15 is 0 Å². The summed E-state index contributed by atoms with van der Waals surface area (Å²) < 4.78 is 17.3. The van der Waals surface area contributed by atoms with Crippen molar-refractivity contribution in [3.8, 4) is 17.2 Å². The van der Waals surface area contributed by atoms with Gasteiger partial charge >= 0.3 is 0 Å². The van der Waals surface area contributed by atoms with Gasteiger partial charge in [-0.25, -0.2) is 5.01 Å². The fourth-order valence-corrected chi connectivity index (χ4v) is 4.68. The lowest BCUT2D eigenvalue weighted by Crippen LogP contribution is -2.33. The molecule has 0 aliphatic carbocycles. The minimum absolute atomic E-state index is 0.0256. The molecule has 8 heteroatoms. The largest absolute Gasteiger partial charge is 0.464 e. The first-order valence-electron chi connectivity index (χ1n) is 9.74. The Bertz CT molecular complexity index is 1250. The van der Waals surface area contributed by atoms with Crippen LogP contribution >= 0.6 is 34.8 Å². The molecule has 0 fully saturated rings. The maximum absolute atomic E-state index is 6.35. The molecule has 0 saturated carbocycles. The van der Waals surface area contributed by atoms with Gasteiger partial charge in [-0.2, -0.15) is 5.10 Å². The van der Waals surface area contributed by atoms with Crippen molar-refractivity contribution >= 4 is 40.5 Å². The average Bonchev–Trinajstić information content (AvgIpc) is 3.42. The van der Waals surface area contributed by atoms with Crippen LogP contribution in [0.5, 0.6) is 17.2 Å². The fraction of sp³-hybridized carbons (Fsp3) is 0.174. The molecule has 0 spiro atoms. The highest BCUT2D eigenvalue weighted by Crippen LogP contribution is 2.49. The minimum Gasteiger partial charge on any atom is -0.464 e. The summed E-state index contributed by atoms with van der Waals surface area (Å²) in [7, 11) is 0. The third-order valence-corrected chi connectivity index (χ3v) is 6.66. The molecule has 6 rings (SSSR count). The molecule has 5 nitrogen and oxygen atoms in total. The summed E-state index contributed by atoms with van der Waals surface area (Å²) in [5.74, 6) is 2.25. The van der Waals surface area contributed by atoms with Gasteiger partial charge in [0, 0.05) is 28.1 Å². The zero-order valence-corrected chi connectivity index (χ0v) is 18.3. The molecule has 0 N–H and O–H groups in total. The van der Waals surface area contributed by atoms with Crippen molar-refractivity contribution in [3.63, 3.8) is 0 Å². The van der Waals surface area contributed by atoms with Gasteiger partial charge in [-0.15, -0.1) is 0 Å². The Hall–Kier alpha value is -2.60. The maximum atomic E-state index is 6.35. The molecule has 3 aromatic carbocycles. The Balaban J connectivity index is 1.44. The number of ether oxygens (including phenoxy) is 3. The highest BCUT2D eigenvalue weighted by Gasteiger charge is 2.41. The second-order valence-electron chi connectivity index (χ2n) is 7.54. The van der Waals surface area contributed by atoms with Gasteiger partial charge in [0.15, 0.2) is 11.5 Å². The summed E-state index contributed by atoms with van der Waals surface area (Å²) in [4.78, 5) is 0. The molecule has 0 amide bonds. The van der Waals surface area contributed by atoms with E-state index in [4.69, 9.17) is 54.1 Å². The monoisotopic (exact) mass is 472 g/mol. The van der Waals surface area contributed by atoms with Crippen molar-refractivity contribution in [2.75, 3.05) is 6.79 Å². The topological polar surface area (TPSA) is 43.3 Å². The summed E-state index contributed by atoms with van der Waals surface area (Å²) in [6.07, 6.45) is 0.258. The molecule has 3 aromatic rings. The van der Waals surface area contributed by atoms with E-state index in [9.17, 15) is 0 Å². The number of fused-ring (bicyclic) bond motifs is 4. The SMILES string of the molecule is Clc1ccc2c(c1)C1CC(c3ccc4c(c3)OCO4)=NN1C(c1ccc(Cl)c(Cl)c1)O2. The fourth-order valence-electron chi connectivity index (χ4n) is 4.19. The van der Waals surface area contributed by atoms with Gasteiger partial charge in [-0.05, 0) is 48.5 Å². The molecule has 0 aromatic heterocycles. The van der Waals surface area contributed by atoms with E-state index in [0.717, 1.165) is 39.7 Å². The standard InChI is InChI=1S/C23H15Cl3N2O3/c24-14-3-6-20-15(9-14)19-10-18(12-2-5-21-22(8-12)30-11-29-21)27-28(19)23(31-20)13-1-4-16(25)17(26)7-13/h1-9,19,23H,10-11H2. The van der Waals surface area contributed by atoms with Gasteiger partial charge in [-0.3, -0.25) is 0 Å². The van der Waals surface area contributed by atoms with Crippen LogP contribution < -0.4 is 14.2 Å². The molecule has 0 bridgehead atoms. The smallest absolute Gasteiger partial charge is 0.231 e. The number of nitrogens with zero attached hydrogens (tertiary/aromatic N) is 2. The highest BCUT2D eigenvalue weighted by molar-refractivity contribution is 6.42. The van der Waals surface area contributed by atoms with Crippen LogP contribution in [0.25, 0.3) is 0 Å². The lowest BCUT2D eigenvalue weighted by atomic mass is 9.95. The van der Waals surface area contributed by atoms with Crippen LogP contribution in [-0.2, 0) is 0 Å². The van der Waals surface area contributed by atoms with E-state index in [1.54, 1.807) is 6.07 Å². The lowest BCUT2D eigenvalue weighted by Gasteiger charge is -2.38. The summed E-state index contributed by atoms with van der Waals surface area (Å²) >= 11 is 18.7. The molecule has 2 unspecified atom stereocenters. The Morgan fingerprint density at radius 1 is 0.839 bits per heavy atom.